The second-order valence-corrected chi connectivity index (χ2v) is 6.40. The van der Waals surface area contributed by atoms with E-state index in [1.165, 1.54) is 58.2 Å². The number of likely N-dealkylation sites (tertiary alicyclic amines) is 1. The number of hydrogen-bond donors (Lipinski definition) is 2. The summed E-state index contributed by atoms with van der Waals surface area (Å²) in [5.41, 5.74) is 0. The summed E-state index contributed by atoms with van der Waals surface area (Å²) in [5, 5.41) is 7.03. The second kappa shape index (κ2) is 13.4. The third-order valence-corrected chi connectivity index (χ3v) is 4.46. The molecule has 0 aliphatic carbocycles. The van der Waals surface area contributed by atoms with E-state index in [1.54, 1.807) is 0 Å². The highest BCUT2D eigenvalue weighted by molar-refractivity contribution is 14.0. The lowest BCUT2D eigenvalue weighted by Crippen LogP contribution is -2.46. The van der Waals surface area contributed by atoms with E-state index in [9.17, 15) is 0 Å². The molecule has 0 spiro atoms. The molecule has 0 aromatic heterocycles. The van der Waals surface area contributed by atoms with Crippen LogP contribution in [0.5, 0.6) is 0 Å². The van der Waals surface area contributed by atoms with E-state index in [-0.39, 0.29) is 24.0 Å². The quantitative estimate of drug-likeness (QED) is 0.271. The smallest absolute Gasteiger partial charge is 0.191 e. The molecule has 5 heteroatoms. The molecule has 0 bridgehead atoms. The van der Waals surface area contributed by atoms with Gasteiger partial charge >= 0.3 is 0 Å². The van der Waals surface area contributed by atoms with Crippen molar-refractivity contribution >= 4 is 29.9 Å². The number of guanidine groups is 1. The number of nitrogens with one attached hydrogen (secondary N) is 2. The minimum atomic E-state index is 0. The molecule has 2 atom stereocenters. The lowest BCUT2D eigenvalue weighted by molar-refractivity contribution is 0.183. The zero-order chi connectivity index (χ0) is 15.5. The van der Waals surface area contributed by atoms with Gasteiger partial charge in [-0.15, -0.1) is 24.0 Å². The van der Waals surface area contributed by atoms with Crippen molar-refractivity contribution in [2.45, 2.75) is 65.3 Å². The minimum Gasteiger partial charge on any atom is -0.356 e. The Kier molecular flexibility index (Phi) is 13.4. The Morgan fingerprint density at radius 2 is 2.09 bits per heavy atom. The van der Waals surface area contributed by atoms with E-state index in [4.69, 9.17) is 0 Å². The Balaban J connectivity index is 0.00000441. The van der Waals surface area contributed by atoms with Gasteiger partial charge in [0, 0.05) is 26.2 Å². The molecule has 0 amide bonds. The summed E-state index contributed by atoms with van der Waals surface area (Å²) in [6.07, 6.45) is 7.81. The SMILES string of the molecule is CCCCCC(C)NC(=NC)NCC1CCCN(CC)C1.I. The van der Waals surface area contributed by atoms with Crippen LogP contribution < -0.4 is 10.6 Å². The Labute approximate surface area is 154 Å². The van der Waals surface area contributed by atoms with Crippen molar-refractivity contribution in [3.05, 3.63) is 0 Å². The standard InChI is InChI=1S/C17H36N4.HI/c1-5-7-8-10-15(3)20-17(18-4)19-13-16-11-9-12-21(6-2)14-16;/h15-16H,5-14H2,1-4H3,(H2,18,19,20);1H. The van der Waals surface area contributed by atoms with Crippen LogP contribution in [0, 0.1) is 5.92 Å². The first kappa shape index (κ1) is 22.0. The van der Waals surface area contributed by atoms with Gasteiger partial charge in [0.2, 0.25) is 0 Å². The predicted octanol–water partition coefficient (Wildman–Crippen LogP) is 3.47. The third-order valence-electron chi connectivity index (χ3n) is 4.46. The normalized spacial score (nSPS) is 21.1. The van der Waals surface area contributed by atoms with Crippen LogP contribution in [0.4, 0.5) is 0 Å². The lowest BCUT2D eigenvalue weighted by Gasteiger charge is -2.32. The summed E-state index contributed by atoms with van der Waals surface area (Å²) in [4.78, 5) is 6.92. The highest BCUT2D eigenvalue weighted by Crippen LogP contribution is 2.15. The fraction of sp³-hybridized carbons (Fsp3) is 0.941. The second-order valence-electron chi connectivity index (χ2n) is 6.40. The molecule has 4 nitrogen and oxygen atoms in total. The van der Waals surface area contributed by atoms with Crippen LogP contribution in [-0.4, -0.2) is 50.1 Å². The van der Waals surface area contributed by atoms with Crippen LogP contribution in [0.3, 0.4) is 0 Å². The molecule has 2 N–H and O–H groups in total. The first-order chi connectivity index (χ1) is 10.2. The summed E-state index contributed by atoms with van der Waals surface area (Å²) in [6.45, 7) is 11.5. The number of rotatable bonds is 8. The zero-order valence-electron chi connectivity index (χ0n) is 15.0. The largest absolute Gasteiger partial charge is 0.356 e. The number of nitrogens with zero attached hydrogens (tertiary/aromatic N) is 2. The van der Waals surface area contributed by atoms with Gasteiger partial charge in [0.15, 0.2) is 5.96 Å². The monoisotopic (exact) mass is 424 g/mol. The molecule has 22 heavy (non-hydrogen) atoms. The van der Waals surface area contributed by atoms with Crippen LogP contribution in [-0.2, 0) is 0 Å². The van der Waals surface area contributed by atoms with E-state index in [0.717, 1.165) is 18.4 Å². The number of aliphatic imine (C=N–C) groups is 1. The van der Waals surface area contributed by atoms with Crippen molar-refractivity contribution in [2.75, 3.05) is 33.2 Å². The molecular weight excluding hydrogens is 387 g/mol. The van der Waals surface area contributed by atoms with Gasteiger partial charge in [-0.2, -0.15) is 0 Å². The molecule has 1 fully saturated rings. The van der Waals surface area contributed by atoms with Crippen molar-refractivity contribution in [1.82, 2.24) is 15.5 Å². The first-order valence-electron chi connectivity index (χ1n) is 8.89. The van der Waals surface area contributed by atoms with Crippen molar-refractivity contribution in [3.63, 3.8) is 0 Å². The first-order valence-corrected chi connectivity index (χ1v) is 8.89. The highest BCUT2D eigenvalue weighted by Gasteiger charge is 2.18. The van der Waals surface area contributed by atoms with Crippen molar-refractivity contribution in [1.29, 1.82) is 0 Å². The minimum absolute atomic E-state index is 0. The Hall–Kier alpha value is -0.0400. The number of piperidine rings is 1. The summed E-state index contributed by atoms with van der Waals surface area (Å²) < 4.78 is 0. The molecule has 0 aromatic carbocycles. The van der Waals surface area contributed by atoms with E-state index in [2.05, 4.69) is 41.3 Å². The van der Waals surface area contributed by atoms with Crippen molar-refractivity contribution < 1.29 is 0 Å². The maximum Gasteiger partial charge on any atom is 0.191 e. The average Bonchev–Trinajstić information content (AvgIpc) is 2.51. The molecule has 1 aliphatic heterocycles. The number of hydrogen-bond acceptors (Lipinski definition) is 2. The molecule has 2 unspecified atom stereocenters. The van der Waals surface area contributed by atoms with E-state index in [0.29, 0.717) is 6.04 Å². The van der Waals surface area contributed by atoms with Gasteiger partial charge in [-0.05, 0) is 45.2 Å². The molecule has 132 valence electrons. The van der Waals surface area contributed by atoms with Gasteiger partial charge < -0.3 is 15.5 Å². The molecule has 1 aliphatic rings. The molecule has 0 aromatic rings. The summed E-state index contributed by atoms with van der Waals surface area (Å²) in [6, 6.07) is 0.501. The lowest BCUT2D eigenvalue weighted by atomic mass is 9.98. The molecule has 0 radical (unpaired) electrons. The highest BCUT2D eigenvalue weighted by atomic mass is 127. The van der Waals surface area contributed by atoms with Crippen molar-refractivity contribution in [2.24, 2.45) is 10.9 Å². The average molecular weight is 424 g/mol. The van der Waals surface area contributed by atoms with Crippen LogP contribution in [0.15, 0.2) is 4.99 Å². The third kappa shape index (κ3) is 9.18. The van der Waals surface area contributed by atoms with Crippen LogP contribution in [0.1, 0.15) is 59.3 Å². The molecule has 1 heterocycles. The van der Waals surface area contributed by atoms with Gasteiger partial charge in [-0.1, -0.05) is 33.1 Å². The van der Waals surface area contributed by atoms with Crippen molar-refractivity contribution in [3.8, 4) is 0 Å². The summed E-state index contributed by atoms with van der Waals surface area (Å²) >= 11 is 0. The van der Waals surface area contributed by atoms with Gasteiger partial charge in [-0.3, -0.25) is 4.99 Å². The number of halogens is 1. The maximum absolute atomic E-state index is 4.36. The zero-order valence-corrected chi connectivity index (χ0v) is 17.4. The van der Waals surface area contributed by atoms with Crippen LogP contribution in [0.25, 0.3) is 0 Å². The van der Waals surface area contributed by atoms with E-state index < -0.39 is 0 Å². The van der Waals surface area contributed by atoms with Gasteiger partial charge in [0.1, 0.15) is 0 Å². The topological polar surface area (TPSA) is 39.7 Å². The van der Waals surface area contributed by atoms with E-state index in [1.807, 2.05) is 7.05 Å². The summed E-state index contributed by atoms with van der Waals surface area (Å²) in [7, 11) is 1.87. The Morgan fingerprint density at radius 1 is 1.32 bits per heavy atom. The fourth-order valence-electron chi connectivity index (χ4n) is 3.05. The molecule has 1 rings (SSSR count). The molecule has 0 saturated carbocycles. The number of unbranched alkanes of at least 4 members (excludes halogenated alkanes) is 2. The molecule has 1 saturated heterocycles. The fourth-order valence-corrected chi connectivity index (χ4v) is 3.05. The van der Waals surface area contributed by atoms with Crippen LogP contribution in [0.2, 0.25) is 0 Å². The van der Waals surface area contributed by atoms with Crippen LogP contribution >= 0.6 is 24.0 Å². The Morgan fingerprint density at radius 3 is 2.73 bits per heavy atom. The van der Waals surface area contributed by atoms with Gasteiger partial charge in [0.25, 0.3) is 0 Å². The van der Waals surface area contributed by atoms with Gasteiger partial charge in [0.05, 0.1) is 0 Å². The summed E-state index contributed by atoms with van der Waals surface area (Å²) in [5.74, 6) is 1.72. The Bertz CT molecular complexity index is 296. The molecular formula is C17H37IN4. The predicted molar refractivity (Wildman–Crippen MR) is 108 cm³/mol. The van der Waals surface area contributed by atoms with Gasteiger partial charge in [-0.25, -0.2) is 0 Å². The maximum atomic E-state index is 4.36. The van der Waals surface area contributed by atoms with E-state index >= 15 is 0 Å².